The van der Waals surface area contributed by atoms with Crippen LogP contribution in [0.2, 0.25) is 0 Å². The summed E-state index contributed by atoms with van der Waals surface area (Å²) in [6.07, 6.45) is 0. The Morgan fingerprint density at radius 2 is 0.600 bits per heavy atom. The van der Waals surface area contributed by atoms with Gasteiger partial charge < -0.3 is 11.5 Å². The normalized spacial score (nSPS) is 10.0. The Bertz CT molecular complexity index is 1690. The van der Waals surface area contributed by atoms with Crippen LogP contribution in [0.25, 0.3) is 0 Å². The van der Waals surface area contributed by atoms with E-state index in [1.54, 1.807) is 48.5 Å². The van der Waals surface area contributed by atoms with Gasteiger partial charge in [0.05, 0.1) is 22.3 Å². The van der Waals surface area contributed by atoms with Crippen LogP contribution in [0.3, 0.4) is 0 Å². The van der Waals surface area contributed by atoms with Crippen LogP contribution >= 0.6 is 0 Å². The summed E-state index contributed by atoms with van der Waals surface area (Å²) in [6.45, 7) is 16.0. The molecule has 4 aromatic carbocycles. The smallest absolute Gasteiger partial charge is 0.154 e. The lowest BCUT2D eigenvalue weighted by Crippen LogP contribution is -2.09. The van der Waals surface area contributed by atoms with Gasteiger partial charge in [-0.1, -0.05) is 128 Å². The van der Waals surface area contributed by atoms with Gasteiger partial charge in [-0.3, -0.25) is 10.8 Å². The average molecular weight is 667 g/mol. The number of hydrogen-bond donors (Lipinski definition) is 4. The van der Waals surface area contributed by atoms with Gasteiger partial charge in [0.15, 0.2) is 11.7 Å². The topological polar surface area (TPSA) is 220 Å². The lowest BCUT2D eigenvalue weighted by Gasteiger charge is -1.94. The van der Waals surface area contributed by atoms with Crippen molar-refractivity contribution < 1.29 is 0 Å². The third-order valence-electron chi connectivity index (χ3n) is 5.72. The van der Waals surface area contributed by atoms with Crippen LogP contribution in [0.5, 0.6) is 0 Å². The summed E-state index contributed by atoms with van der Waals surface area (Å²) >= 11 is 0. The Morgan fingerprint density at radius 3 is 0.800 bits per heavy atom. The fourth-order valence-electron chi connectivity index (χ4n) is 3.66. The monoisotopic (exact) mass is 666 g/mol. The molecule has 6 N–H and O–H groups in total. The van der Waals surface area contributed by atoms with E-state index in [9.17, 15) is 0 Å². The van der Waals surface area contributed by atoms with Gasteiger partial charge in [0.25, 0.3) is 0 Å². The maximum atomic E-state index is 8.45. The predicted molar refractivity (Wildman–Crippen MR) is 205 cm³/mol. The van der Waals surface area contributed by atoms with Gasteiger partial charge in [0.2, 0.25) is 0 Å². The number of rotatable bonds is 0. The molecule has 0 aliphatic carbocycles. The molecule has 0 aromatic heterocycles. The van der Waals surface area contributed by atoms with Crippen LogP contribution in [0.15, 0.2) is 107 Å². The standard InChI is InChI=1S/2C8H7N3.2C8H4N2.4C2H6/c2*9-7-5-3-1-2-4-6(5)8(10)11-7;2*9-5-7-3-1-2-4-8(7)6-10;4*1-2/h2*1-4H,(H3,9,10,11);2*1-4H;4*1-2H3. The van der Waals surface area contributed by atoms with Crippen LogP contribution in [0.4, 0.5) is 0 Å². The Morgan fingerprint density at radius 1 is 0.400 bits per heavy atom. The second kappa shape index (κ2) is 27.3. The fourth-order valence-corrected chi connectivity index (χ4v) is 3.66. The molecule has 2 aliphatic rings. The number of amidine groups is 4. The van der Waals surface area contributed by atoms with Gasteiger partial charge in [-0.2, -0.15) is 21.0 Å². The third kappa shape index (κ3) is 13.9. The van der Waals surface area contributed by atoms with Crippen molar-refractivity contribution >= 4 is 23.3 Å². The zero-order valence-electron chi connectivity index (χ0n) is 30.1. The molecule has 2 aliphatic heterocycles. The van der Waals surface area contributed by atoms with E-state index >= 15 is 0 Å². The van der Waals surface area contributed by atoms with Crippen molar-refractivity contribution in [2.24, 2.45) is 21.5 Å². The summed E-state index contributed by atoms with van der Waals surface area (Å²) in [6, 6.07) is 36.1. The largest absolute Gasteiger partial charge is 0.383 e. The molecule has 4 aromatic rings. The predicted octanol–water partition coefficient (Wildman–Crippen LogP) is 8.43. The van der Waals surface area contributed by atoms with Gasteiger partial charge in [0.1, 0.15) is 35.9 Å². The first kappa shape index (κ1) is 45.2. The van der Waals surface area contributed by atoms with Gasteiger partial charge in [0, 0.05) is 22.3 Å². The molecule has 0 bridgehead atoms. The zero-order chi connectivity index (χ0) is 38.5. The highest BCUT2D eigenvalue weighted by Gasteiger charge is 2.17. The summed E-state index contributed by atoms with van der Waals surface area (Å²) in [4.78, 5) is 7.67. The molecule has 0 unspecified atom stereocenters. The SMILES string of the molecule is CC.CC.CC.CC.N#Cc1ccccc1C#N.N#Cc1ccccc1C#N.N=C1N=C(N)c2ccccc21.N=C1N=C(N)c2ccccc21. The highest BCUT2D eigenvalue weighted by Crippen LogP contribution is 2.16. The summed E-state index contributed by atoms with van der Waals surface area (Å²) in [7, 11) is 0. The third-order valence-corrected chi connectivity index (χ3v) is 5.72. The summed E-state index contributed by atoms with van der Waals surface area (Å²) in [5.41, 5.74) is 16.2. The number of nitrogens with zero attached hydrogens (tertiary/aromatic N) is 6. The van der Waals surface area contributed by atoms with Crippen molar-refractivity contribution in [3.63, 3.8) is 0 Å². The minimum atomic E-state index is 0.262. The first-order chi connectivity index (χ1) is 24.3. The molecule has 50 heavy (non-hydrogen) atoms. The van der Waals surface area contributed by atoms with Crippen molar-refractivity contribution in [3.8, 4) is 24.3 Å². The molecular formula is C40H46N10. The van der Waals surface area contributed by atoms with Crippen molar-refractivity contribution in [3.05, 3.63) is 142 Å². The second-order valence-electron chi connectivity index (χ2n) is 8.32. The molecule has 6 rings (SSSR count). The van der Waals surface area contributed by atoms with Crippen LogP contribution in [-0.2, 0) is 0 Å². The maximum Gasteiger partial charge on any atom is 0.154 e. The fraction of sp³-hybridized carbons (Fsp3) is 0.200. The van der Waals surface area contributed by atoms with Gasteiger partial charge >= 0.3 is 0 Å². The van der Waals surface area contributed by atoms with E-state index in [-0.39, 0.29) is 11.7 Å². The minimum Gasteiger partial charge on any atom is -0.383 e. The molecule has 2 heterocycles. The van der Waals surface area contributed by atoms with E-state index in [4.69, 9.17) is 43.3 Å². The lowest BCUT2D eigenvalue weighted by molar-refractivity contribution is 1.43. The number of fused-ring (bicyclic) bond motifs is 2. The number of nitriles is 4. The molecule has 0 saturated carbocycles. The van der Waals surface area contributed by atoms with E-state index in [0.29, 0.717) is 33.9 Å². The Hall–Kier alpha value is -6.88. The van der Waals surface area contributed by atoms with Crippen LogP contribution in [-0.4, -0.2) is 23.3 Å². The van der Waals surface area contributed by atoms with Crippen LogP contribution < -0.4 is 11.5 Å². The number of benzene rings is 4. The van der Waals surface area contributed by atoms with Crippen LogP contribution in [0.1, 0.15) is 99.9 Å². The zero-order valence-corrected chi connectivity index (χ0v) is 30.1. The van der Waals surface area contributed by atoms with E-state index < -0.39 is 0 Å². The summed E-state index contributed by atoms with van der Waals surface area (Å²) in [5.74, 6) is 1.42. The van der Waals surface area contributed by atoms with E-state index in [1.165, 1.54) is 0 Å². The molecule has 10 nitrogen and oxygen atoms in total. The van der Waals surface area contributed by atoms with Crippen molar-refractivity contribution in [1.82, 2.24) is 0 Å². The first-order valence-electron chi connectivity index (χ1n) is 16.2. The number of hydrogen-bond acceptors (Lipinski definition) is 8. The number of aliphatic imine (C=N–C) groups is 2. The van der Waals surface area contributed by atoms with Gasteiger partial charge in [-0.15, -0.1) is 0 Å². The molecular weight excluding hydrogens is 621 g/mol. The quantitative estimate of drug-likeness (QED) is 0.144. The summed E-state index contributed by atoms with van der Waals surface area (Å²) in [5, 5.41) is 48.6. The molecule has 0 spiro atoms. The number of nitrogens with one attached hydrogen (secondary N) is 2. The number of nitrogens with two attached hydrogens (primary N) is 2. The molecule has 10 heteroatoms. The van der Waals surface area contributed by atoms with Crippen LogP contribution in [0, 0.1) is 56.1 Å². The molecule has 0 atom stereocenters. The second-order valence-corrected chi connectivity index (χ2v) is 8.32. The first-order valence-corrected chi connectivity index (χ1v) is 16.2. The maximum absolute atomic E-state index is 8.45. The van der Waals surface area contributed by atoms with Crippen molar-refractivity contribution in [2.45, 2.75) is 55.4 Å². The van der Waals surface area contributed by atoms with Gasteiger partial charge in [-0.25, -0.2) is 9.98 Å². The van der Waals surface area contributed by atoms with E-state index in [2.05, 4.69) is 9.98 Å². The molecule has 0 fully saturated rings. The molecule has 0 amide bonds. The van der Waals surface area contributed by atoms with Crippen molar-refractivity contribution in [2.75, 3.05) is 0 Å². The Balaban J connectivity index is 0. The molecule has 256 valence electrons. The Kier molecular flexibility index (Phi) is 24.7. The highest BCUT2D eigenvalue weighted by atomic mass is 14.9. The lowest BCUT2D eigenvalue weighted by atomic mass is 10.1. The average Bonchev–Trinajstić information content (AvgIpc) is 3.67. The van der Waals surface area contributed by atoms with E-state index in [0.717, 1.165) is 22.3 Å². The minimum absolute atomic E-state index is 0.262. The van der Waals surface area contributed by atoms with Crippen molar-refractivity contribution in [1.29, 1.82) is 31.9 Å². The van der Waals surface area contributed by atoms with Gasteiger partial charge in [-0.05, 0) is 24.3 Å². The highest BCUT2D eigenvalue weighted by molar-refractivity contribution is 6.21. The Labute approximate surface area is 297 Å². The summed E-state index contributed by atoms with van der Waals surface area (Å²) < 4.78 is 0. The van der Waals surface area contributed by atoms with E-state index in [1.807, 2.05) is 128 Å². The molecule has 0 saturated heterocycles. The molecule has 0 radical (unpaired) electrons.